The van der Waals surface area contributed by atoms with E-state index in [0.717, 1.165) is 18.3 Å². The summed E-state index contributed by atoms with van der Waals surface area (Å²) in [6, 6.07) is 0. The first-order valence-electron chi connectivity index (χ1n) is 4.61. The molecule has 0 amide bonds. The minimum absolute atomic E-state index is 0.831. The van der Waals surface area contributed by atoms with Gasteiger partial charge in [-0.15, -0.1) is 0 Å². The van der Waals surface area contributed by atoms with Crippen molar-refractivity contribution in [3.8, 4) is 0 Å². The molecule has 0 bridgehead atoms. The van der Waals surface area contributed by atoms with Gasteiger partial charge in [-0.1, -0.05) is 32.9 Å². The minimum atomic E-state index is 0.831. The number of hydrogen-bond acceptors (Lipinski definition) is 0. The third-order valence-electron chi connectivity index (χ3n) is 1.75. The van der Waals surface area contributed by atoms with E-state index in [-0.39, 0.29) is 0 Å². The summed E-state index contributed by atoms with van der Waals surface area (Å²) in [4.78, 5) is 0. The van der Waals surface area contributed by atoms with E-state index in [1.165, 1.54) is 12.8 Å². The normalized spacial score (nSPS) is 14.6. The van der Waals surface area contributed by atoms with Gasteiger partial charge in [-0.3, -0.25) is 0 Å². The molecule has 0 aromatic carbocycles. The Balaban J connectivity index is 3.36. The Kier molecular flexibility index (Phi) is 6.30. The Morgan fingerprint density at radius 1 is 1.18 bits per heavy atom. The van der Waals surface area contributed by atoms with Crippen molar-refractivity contribution < 1.29 is 0 Å². The highest BCUT2D eigenvalue weighted by atomic mass is 14.1. The largest absolute Gasteiger partial charge is 0.0885 e. The third-order valence-corrected chi connectivity index (χ3v) is 1.75. The lowest BCUT2D eigenvalue weighted by atomic mass is 9.96. The first kappa shape index (κ1) is 10.7. The molecular formula is C11H21. The van der Waals surface area contributed by atoms with Gasteiger partial charge in [0.15, 0.2) is 0 Å². The van der Waals surface area contributed by atoms with Crippen LogP contribution in [0, 0.1) is 18.8 Å². The SMILES string of the molecule is [CH2]C/C=C/CC(C)CC(C)C. The van der Waals surface area contributed by atoms with Gasteiger partial charge in [0.05, 0.1) is 0 Å². The highest BCUT2D eigenvalue weighted by molar-refractivity contribution is 4.83. The summed E-state index contributed by atoms with van der Waals surface area (Å²) in [5.41, 5.74) is 0. The molecule has 1 unspecified atom stereocenters. The maximum Gasteiger partial charge on any atom is -0.0325 e. The molecule has 0 aliphatic carbocycles. The standard InChI is InChI=1S/C11H21/c1-5-6-7-8-11(4)9-10(2)3/h6-7,10-11H,1,5,8-9H2,2-4H3/b7-6+. The summed E-state index contributed by atoms with van der Waals surface area (Å²) >= 11 is 0. The van der Waals surface area contributed by atoms with Gasteiger partial charge in [-0.05, 0) is 38.0 Å². The first-order chi connectivity index (χ1) is 5.16. The molecule has 0 aliphatic rings. The van der Waals surface area contributed by atoms with E-state index >= 15 is 0 Å². The molecule has 11 heavy (non-hydrogen) atoms. The van der Waals surface area contributed by atoms with Crippen LogP contribution >= 0.6 is 0 Å². The monoisotopic (exact) mass is 153 g/mol. The Bertz CT molecular complexity index is 101. The molecule has 0 heterocycles. The molecule has 1 atom stereocenters. The Labute approximate surface area is 71.7 Å². The summed E-state index contributed by atoms with van der Waals surface area (Å²) in [6.07, 6.45) is 7.88. The van der Waals surface area contributed by atoms with E-state index in [4.69, 9.17) is 0 Å². The van der Waals surface area contributed by atoms with Gasteiger partial charge in [0, 0.05) is 0 Å². The topological polar surface area (TPSA) is 0 Å². The first-order valence-corrected chi connectivity index (χ1v) is 4.61. The van der Waals surface area contributed by atoms with Crippen LogP contribution < -0.4 is 0 Å². The summed E-state index contributed by atoms with van der Waals surface area (Å²) in [6.45, 7) is 10.6. The van der Waals surface area contributed by atoms with Crippen molar-refractivity contribution in [1.29, 1.82) is 0 Å². The number of rotatable bonds is 5. The molecule has 0 N–H and O–H groups in total. The van der Waals surface area contributed by atoms with E-state index < -0.39 is 0 Å². The lowest BCUT2D eigenvalue weighted by Crippen LogP contribution is -1.98. The molecule has 0 nitrogen and oxygen atoms in total. The quantitative estimate of drug-likeness (QED) is 0.526. The molecule has 0 saturated heterocycles. The van der Waals surface area contributed by atoms with Crippen LogP contribution in [0.1, 0.15) is 40.0 Å². The number of allylic oxidation sites excluding steroid dienone is 2. The molecular weight excluding hydrogens is 132 g/mol. The van der Waals surface area contributed by atoms with Crippen molar-refractivity contribution in [2.75, 3.05) is 0 Å². The molecule has 0 saturated carbocycles. The molecule has 0 fully saturated rings. The van der Waals surface area contributed by atoms with Gasteiger partial charge in [-0.25, -0.2) is 0 Å². The average molecular weight is 153 g/mol. The van der Waals surface area contributed by atoms with Crippen LogP contribution in [0.4, 0.5) is 0 Å². The van der Waals surface area contributed by atoms with Gasteiger partial charge in [-0.2, -0.15) is 0 Å². The van der Waals surface area contributed by atoms with Crippen molar-refractivity contribution in [2.45, 2.75) is 40.0 Å². The molecule has 0 aromatic heterocycles. The molecule has 0 heteroatoms. The van der Waals surface area contributed by atoms with Gasteiger partial charge in [0.1, 0.15) is 0 Å². The van der Waals surface area contributed by atoms with Crippen LogP contribution in [0.25, 0.3) is 0 Å². The fraction of sp³-hybridized carbons (Fsp3) is 0.727. The van der Waals surface area contributed by atoms with Gasteiger partial charge in [0.2, 0.25) is 0 Å². The Hall–Kier alpha value is -0.260. The second-order valence-corrected chi connectivity index (χ2v) is 3.73. The van der Waals surface area contributed by atoms with Crippen LogP contribution in [0.15, 0.2) is 12.2 Å². The summed E-state index contributed by atoms with van der Waals surface area (Å²) in [7, 11) is 0. The maximum atomic E-state index is 3.76. The predicted octanol–water partition coefficient (Wildman–Crippen LogP) is 3.84. The molecule has 0 aliphatic heterocycles. The second-order valence-electron chi connectivity index (χ2n) is 3.73. The van der Waals surface area contributed by atoms with Crippen molar-refractivity contribution in [3.63, 3.8) is 0 Å². The van der Waals surface area contributed by atoms with E-state index in [1.54, 1.807) is 0 Å². The predicted molar refractivity (Wildman–Crippen MR) is 52.4 cm³/mol. The molecule has 0 aromatic rings. The minimum Gasteiger partial charge on any atom is -0.0885 e. The molecule has 1 radical (unpaired) electrons. The lowest BCUT2D eigenvalue weighted by Gasteiger charge is -2.10. The zero-order valence-corrected chi connectivity index (χ0v) is 8.14. The van der Waals surface area contributed by atoms with Crippen LogP contribution in [0.2, 0.25) is 0 Å². The van der Waals surface area contributed by atoms with Gasteiger partial charge in [0.25, 0.3) is 0 Å². The second kappa shape index (κ2) is 6.45. The van der Waals surface area contributed by atoms with Crippen molar-refractivity contribution in [1.82, 2.24) is 0 Å². The molecule has 0 spiro atoms. The highest BCUT2D eigenvalue weighted by Gasteiger charge is 2.01. The average Bonchev–Trinajstić information content (AvgIpc) is 1.86. The fourth-order valence-electron chi connectivity index (χ4n) is 1.35. The summed E-state index contributed by atoms with van der Waals surface area (Å²) in [5.74, 6) is 1.66. The van der Waals surface area contributed by atoms with Crippen molar-refractivity contribution in [3.05, 3.63) is 19.1 Å². The van der Waals surface area contributed by atoms with Crippen LogP contribution in [-0.2, 0) is 0 Å². The number of hydrogen-bond donors (Lipinski definition) is 0. The zero-order valence-electron chi connectivity index (χ0n) is 8.14. The van der Waals surface area contributed by atoms with E-state index in [2.05, 4.69) is 39.8 Å². The maximum absolute atomic E-state index is 3.76. The van der Waals surface area contributed by atoms with Crippen LogP contribution in [-0.4, -0.2) is 0 Å². The molecule has 65 valence electrons. The van der Waals surface area contributed by atoms with Crippen molar-refractivity contribution in [2.24, 2.45) is 11.8 Å². The Morgan fingerprint density at radius 2 is 1.82 bits per heavy atom. The van der Waals surface area contributed by atoms with Crippen molar-refractivity contribution >= 4 is 0 Å². The van der Waals surface area contributed by atoms with E-state index in [9.17, 15) is 0 Å². The third kappa shape index (κ3) is 7.64. The van der Waals surface area contributed by atoms with Gasteiger partial charge < -0.3 is 0 Å². The van der Waals surface area contributed by atoms with Gasteiger partial charge >= 0.3 is 0 Å². The van der Waals surface area contributed by atoms with Crippen LogP contribution in [0.3, 0.4) is 0 Å². The zero-order chi connectivity index (χ0) is 8.69. The van der Waals surface area contributed by atoms with E-state index in [1.807, 2.05) is 0 Å². The Morgan fingerprint density at radius 3 is 2.27 bits per heavy atom. The highest BCUT2D eigenvalue weighted by Crippen LogP contribution is 2.14. The van der Waals surface area contributed by atoms with Crippen LogP contribution in [0.5, 0.6) is 0 Å². The van der Waals surface area contributed by atoms with E-state index in [0.29, 0.717) is 0 Å². The molecule has 0 rings (SSSR count). The summed E-state index contributed by atoms with van der Waals surface area (Å²) < 4.78 is 0. The lowest BCUT2D eigenvalue weighted by molar-refractivity contribution is 0.442. The summed E-state index contributed by atoms with van der Waals surface area (Å²) in [5, 5.41) is 0. The fourth-order valence-corrected chi connectivity index (χ4v) is 1.35. The smallest absolute Gasteiger partial charge is 0.0325 e.